The molecular weight excluding hydrogens is 230 g/mol. The molecular formula is C10H19NO4S. The van der Waals surface area contributed by atoms with Crippen LogP contribution in [0.25, 0.3) is 0 Å². The van der Waals surface area contributed by atoms with Gasteiger partial charge in [0.15, 0.2) is 14.6 Å². The first-order valence-electron chi connectivity index (χ1n) is 5.35. The first kappa shape index (κ1) is 13.4. The summed E-state index contributed by atoms with van der Waals surface area (Å²) >= 11 is 0. The average molecular weight is 249 g/mol. The molecule has 1 aliphatic heterocycles. The van der Waals surface area contributed by atoms with Gasteiger partial charge in [0.1, 0.15) is 0 Å². The maximum Gasteiger partial charge on any atom is 0.324 e. The number of piperidine rings is 1. The average Bonchev–Trinajstić information content (AvgIpc) is 2.17. The number of carboxylic acids is 1. The molecule has 0 amide bonds. The van der Waals surface area contributed by atoms with Gasteiger partial charge in [0.25, 0.3) is 0 Å². The van der Waals surface area contributed by atoms with Gasteiger partial charge in [-0.25, -0.2) is 8.42 Å². The van der Waals surface area contributed by atoms with Crippen LogP contribution in [-0.4, -0.2) is 54.5 Å². The van der Waals surface area contributed by atoms with E-state index in [9.17, 15) is 13.2 Å². The Hall–Kier alpha value is -0.620. The number of likely N-dealkylation sites (tertiary alicyclic amines) is 1. The van der Waals surface area contributed by atoms with Gasteiger partial charge in [-0.2, -0.15) is 0 Å². The molecule has 16 heavy (non-hydrogen) atoms. The molecule has 6 heteroatoms. The monoisotopic (exact) mass is 249 g/mol. The fourth-order valence-electron chi connectivity index (χ4n) is 1.83. The molecule has 0 bridgehead atoms. The molecule has 0 saturated carbocycles. The molecule has 0 radical (unpaired) electrons. The van der Waals surface area contributed by atoms with Crippen molar-refractivity contribution in [1.29, 1.82) is 0 Å². The van der Waals surface area contributed by atoms with Gasteiger partial charge < -0.3 is 10.0 Å². The zero-order valence-electron chi connectivity index (χ0n) is 9.93. The lowest BCUT2D eigenvalue weighted by atomic mass is 10.1. The van der Waals surface area contributed by atoms with Crippen LogP contribution in [0.4, 0.5) is 0 Å². The van der Waals surface area contributed by atoms with Crippen LogP contribution >= 0.6 is 0 Å². The van der Waals surface area contributed by atoms with Gasteiger partial charge in [0.2, 0.25) is 0 Å². The lowest BCUT2D eigenvalue weighted by Gasteiger charge is -2.32. The van der Waals surface area contributed by atoms with Crippen molar-refractivity contribution in [2.24, 2.45) is 0 Å². The van der Waals surface area contributed by atoms with E-state index in [1.54, 1.807) is 0 Å². The zero-order chi connectivity index (χ0) is 12.6. The first-order valence-corrected chi connectivity index (χ1v) is 6.89. The topological polar surface area (TPSA) is 74.7 Å². The molecule has 0 aromatic rings. The van der Waals surface area contributed by atoms with Crippen LogP contribution in [0.15, 0.2) is 0 Å². The number of aliphatic carboxylic acids is 1. The predicted octanol–water partition coefficient (Wildman–Crippen LogP) is 0.359. The second-order valence-electron chi connectivity index (χ2n) is 4.86. The van der Waals surface area contributed by atoms with Crippen molar-refractivity contribution in [1.82, 2.24) is 4.90 Å². The first-order chi connectivity index (χ1) is 7.19. The molecule has 94 valence electrons. The minimum absolute atomic E-state index is 0.519. The van der Waals surface area contributed by atoms with E-state index in [2.05, 4.69) is 4.90 Å². The Labute approximate surface area is 96.4 Å². The normalized spacial score (nSPS) is 20.9. The Morgan fingerprint density at radius 3 is 2.12 bits per heavy atom. The Morgan fingerprint density at radius 1 is 1.31 bits per heavy atom. The highest BCUT2D eigenvalue weighted by Gasteiger charge is 2.46. The minimum Gasteiger partial charge on any atom is -0.480 e. The fourth-order valence-corrected chi connectivity index (χ4v) is 3.74. The maximum atomic E-state index is 12.2. The lowest BCUT2D eigenvalue weighted by molar-refractivity contribution is -0.139. The van der Waals surface area contributed by atoms with Crippen molar-refractivity contribution in [2.45, 2.75) is 36.7 Å². The number of hydrogen-bond acceptors (Lipinski definition) is 4. The summed E-state index contributed by atoms with van der Waals surface area (Å²) in [5.41, 5.74) is 0. The van der Waals surface area contributed by atoms with Crippen LogP contribution in [0.5, 0.6) is 0 Å². The van der Waals surface area contributed by atoms with Gasteiger partial charge in [-0.1, -0.05) is 0 Å². The molecule has 1 N–H and O–H groups in total. The van der Waals surface area contributed by atoms with Gasteiger partial charge in [-0.3, -0.25) is 4.79 Å². The van der Waals surface area contributed by atoms with E-state index in [1.807, 2.05) is 7.05 Å². The van der Waals surface area contributed by atoms with Crippen molar-refractivity contribution in [3.05, 3.63) is 0 Å². The number of carbonyl (C=O) groups is 1. The van der Waals surface area contributed by atoms with Crippen LogP contribution in [0.1, 0.15) is 26.7 Å². The predicted molar refractivity (Wildman–Crippen MR) is 61.2 cm³/mol. The smallest absolute Gasteiger partial charge is 0.324 e. The molecule has 1 fully saturated rings. The third-order valence-corrected chi connectivity index (χ3v) is 6.28. The maximum absolute atomic E-state index is 12.2. The molecule has 1 rings (SSSR count). The number of rotatable bonds is 3. The Morgan fingerprint density at radius 2 is 1.75 bits per heavy atom. The summed E-state index contributed by atoms with van der Waals surface area (Å²) in [7, 11) is -1.67. The number of nitrogens with zero attached hydrogens (tertiary/aromatic N) is 1. The van der Waals surface area contributed by atoms with Crippen molar-refractivity contribution < 1.29 is 18.3 Å². The van der Waals surface area contributed by atoms with Crippen molar-refractivity contribution in [3.8, 4) is 0 Å². The van der Waals surface area contributed by atoms with E-state index >= 15 is 0 Å². The van der Waals surface area contributed by atoms with Gasteiger partial charge in [0.05, 0.1) is 5.25 Å². The van der Waals surface area contributed by atoms with Crippen LogP contribution in [0, 0.1) is 0 Å². The van der Waals surface area contributed by atoms with Crippen LogP contribution in [0.2, 0.25) is 0 Å². The highest BCUT2D eigenvalue weighted by atomic mass is 32.2. The molecule has 1 saturated heterocycles. The van der Waals surface area contributed by atoms with E-state index < -0.39 is 25.8 Å². The lowest BCUT2D eigenvalue weighted by Crippen LogP contribution is -2.49. The fraction of sp³-hybridized carbons (Fsp3) is 0.900. The number of hydrogen-bond donors (Lipinski definition) is 1. The number of sulfone groups is 1. The van der Waals surface area contributed by atoms with Gasteiger partial charge in [-0.05, 0) is 46.8 Å². The highest BCUT2D eigenvalue weighted by molar-refractivity contribution is 7.94. The van der Waals surface area contributed by atoms with Gasteiger partial charge in [-0.15, -0.1) is 0 Å². The van der Waals surface area contributed by atoms with Crippen LogP contribution in [0.3, 0.4) is 0 Å². The van der Waals surface area contributed by atoms with Gasteiger partial charge in [0, 0.05) is 0 Å². The van der Waals surface area contributed by atoms with E-state index in [-0.39, 0.29) is 0 Å². The van der Waals surface area contributed by atoms with Gasteiger partial charge >= 0.3 is 5.97 Å². The Balaban J connectivity index is 2.91. The summed E-state index contributed by atoms with van der Waals surface area (Å²) < 4.78 is 22.6. The molecule has 0 atom stereocenters. The van der Waals surface area contributed by atoms with Crippen molar-refractivity contribution in [2.75, 3.05) is 20.1 Å². The van der Waals surface area contributed by atoms with E-state index in [4.69, 9.17) is 5.11 Å². The van der Waals surface area contributed by atoms with Crippen LogP contribution < -0.4 is 0 Å². The molecule has 0 aromatic heterocycles. The molecule has 0 aliphatic carbocycles. The summed E-state index contributed by atoms with van der Waals surface area (Å²) in [5, 5.41) is 8.45. The molecule has 5 nitrogen and oxygen atoms in total. The molecule has 1 aliphatic rings. The molecule has 1 heterocycles. The van der Waals surface area contributed by atoms with E-state index in [1.165, 1.54) is 13.8 Å². The molecule has 0 aromatic carbocycles. The summed E-state index contributed by atoms with van der Waals surface area (Å²) in [4.78, 5) is 13.0. The quantitative estimate of drug-likeness (QED) is 0.781. The summed E-state index contributed by atoms with van der Waals surface area (Å²) in [6.07, 6.45) is 1.05. The largest absolute Gasteiger partial charge is 0.480 e. The highest BCUT2D eigenvalue weighted by Crippen LogP contribution is 2.27. The van der Waals surface area contributed by atoms with Crippen molar-refractivity contribution in [3.63, 3.8) is 0 Å². The summed E-state index contributed by atoms with van der Waals surface area (Å²) in [6, 6.07) is 0. The minimum atomic E-state index is -3.61. The van der Waals surface area contributed by atoms with Crippen LogP contribution in [-0.2, 0) is 14.6 Å². The summed E-state index contributed by atoms with van der Waals surface area (Å²) in [5.74, 6) is -1.27. The zero-order valence-corrected chi connectivity index (χ0v) is 10.7. The Bertz CT molecular complexity index is 366. The third kappa shape index (κ3) is 2.22. The Kier molecular flexibility index (Phi) is 3.64. The molecule has 0 spiro atoms. The van der Waals surface area contributed by atoms with Crippen molar-refractivity contribution >= 4 is 15.8 Å². The number of carboxylic acid groups (broad SMARTS) is 1. The van der Waals surface area contributed by atoms with E-state index in [0.717, 1.165) is 0 Å². The second kappa shape index (κ2) is 4.33. The standard InChI is InChI=1S/C10H19NO4S/c1-10(2,9(12)13)16(14,15)8-4-6-11(3)7-5-8/h8H,4-7H2,1-3H3,(H,12,13). The van der Waals surface area contributed by atoms with E-state index in [0.29, 0.717) is 25.9 Å². The SMILES string of the molecule is CN1CCC(S(=O)(=O)C(C)(C)C(=O)O)CC1. The third-order valence-electron chi connectivity index (χ3n) is 3.33. The second-order valence-corrected chi connectivity index (χ2v) is 7.64. The summed E-state index contributed by atoms with van der Waals surface area (Å²) in [6.45, 7) is 3.95. The molecule has 0 unspecified atom stereocenters.